The molecule has 0 aliphatic heterocycles. The minimum Gasteiger partial charge on any atom is -0.376 e. The standard InChI is InChI=1S/C21H26N4O3/c1-4-12-22-21(28)16-6-5-7-18(13-16)23-14-20(27)24-17-8-10-19(11-9-17)25(3)15(2)26/h5-11,13,23H,4,12,14H2,1-3H3,(H,22,28)(H,24,27). The topological polar surface area (TPSA) is 90.5 Å². The first kappa shape index (κ1) is 21.0. The van der Waals surface area contributed by atoms with E-state index in [0.29, 0.717) is 23.5 Å². The number of anilines is 3. The third-order valence-electron chi connectivity index (χ3n) is 4.12. The fourth-order valence-corrected chi connectivity index (χ4v) is 2.45. The number of hydrogen-bond acceptors (Lipinski definition) is 4. The van der Waals surface area contributed by atoms with Crippen LogP contribution in [0.1, 0.15) is 30.6 Å². The molecular weight excluding hydrogens is 356 g/mol. The zero-order chi connectivity index (χ0) is 20.5. The zero-order valence-electron chi connectivity index (χ0n) is 16.4. The van der Waals surface area contributed by atoms with Crippen molar-refractivity contribution >= 4 is 34.8 Å². The highest BCUT2D eigenvalue weighted by atomic mass is 16.2. The first-order valence-corrected chi connectivity index (χ1v) is 9.17. The molecule has 0 aliphatic rings. The second kappa shape index (κ2) is 10.1. The average molecular weight is 382 g/mol. The summed E-state index contributed by atoms with van der Waals surface area (Å²) in [6, 6.07) is 14.0. The summed E-state index contributed by atoms with van der Waals surface area (Å²) in [5.74, 6) is -0.411. The number of rotatable bonds is 8. The molecule has 0 heterocycles. The maximum atomic E-state index is 12.2. The van der Waals surface area contributed by atoms with E-state index in [2.05, 4.69) is 16.0 Å². The van der Waals surface area contributed by atoms with Crippen LogP contribution in [0.5, 0.6) is 0 Å². The Balaban J connectivity index is 1.89. The van der Waals surface area contributed by atoms with E-state index in [-0.39, 0.29) is 24.3 Å². The Morgan fingerprint density at radius 3 is 2.36 bits per heavy atom. The summed E-state index contributed by atoms with van der Waals surface area (Å²) >= 11 is 0. The van der Waals surface area contributed by atoms with E-state index < -0.39 is 0 Å². The summed E-state index contributed by atoms with van der Waals surface area (Å²) in [4.78, 5) is 37.1. The van der Waals surface area contributed by atoms with Crippen LogP contribution in [0.3, 0.4) is 0 Å². The van der Waals surface area contributed by atoms with Crippen LogP contribution in [0.15, 0.2) is 48.5 Å². The number of hydrogen-bond donors (Lipinski definition) is 3. The fraction of sp³-hybridized carbons (Fsp3) is 0.286. The van der Waals surface area contributed by atoms with Gasteiger partial charge in [0.2, 0.25) is 11.8 Å². The van der Waals surface area contributed by atoms with Crippen LogP contribution in [0.2, 0.25) is 0 Å². The van der Waals surface area contributed by atoms with Crippen LogP contribution in [0, 0.1) is 0 Å². The van der Waals surface area contributed by atoms with E-state index in [4.69, 9.17) is 0 Å². The third-order valence-corrected chi connectivity index (χ3v) is 4.12. The molecule has 0 saturated carbocycles. The van der Waals surface area contributed by atoms with Crippen molar-refractivity contribution in [2.75, 3.05) is 35.7 Å². The van der Waals surface area contributed by atoms with E-state index in [1.54, 1.807) is 55.6 Å². The molecule has 0 bridgehead atoms. The van der Waals surface area contributed by atoms with Crippen molar-refractivity contribution < 1.29 is 14.4 Å². The lowest BCUT2D eigenvalue weighted by Gasteiger charge is -2.15. The number of benzene rings is 2. The maximum Gasteiger partial charge on any atom is 0.251 e. The molecule has 3 amide bonds. The molecule has 0 aromatic heterocycles. The number of nitrogens with zero attached hydrogens (tertiary/aromatic N) is 1. The molecule has 148 valence electrons. The van der Waals surface area contributed by atoms with Gasteiger partial charge in [-0.2, -0.15) is 0 Å². The van der Waals surface area contributed by atoms with Gasteiger partial charge in [0.15, 0.2) is 0 Å². The fourth-order valence-electron chi connectivity index (χ4n) is 2.45. The molecule has 3 N–H and O–H groups in total. The quantitative estimate of drug-likeness (QED) is 0.655. The maximum absolute atomic E-state index is 12.2. The zero-order valence-corrected chi connectivity index (χ0v) is 16.4. The molecule has 0 saturated heterocycles. The van der Waals surface area contributed by atoms with Gasteiger partial charge in [0.1, 0.15) is 0 Å². The first-order chi connectivity index (χ1) is 13.4. The summed E-state index contributed by atoms with van der Waals surface area (Å²) in [6.45, 7) is 4.17. The van der Waals surface area contributed by atoms with Gasteiger partial charge in [0.05, 0.1) is 6.54 Å². The van der Waals surface area contributed by atoms with Gasteiger partial charge in [-0.3, -0.25) is 14.4 Å². The van der Waals surface area contributed by atoms with Crippen LogP contribution < -0.4 is 20.9 Å². The lowest BCUT2D eigenvalue weighted by atomic mass is 10.2. The average Bonchev–Trinajstić information content (AvgIpc) is 2.70. The van der Waals surface area contributed by atoms with Crippen molar-refractivity contribution in [2.24, 2.45) is 0 Å². The second-order valence-corrected chi connectivity index (χ2v) is 6.36. The van der Waals surface area contributed by atoms with E-state index in [9.17, 15) is 14.4 Å². The van der Waals surface area contributed by atoms with Crippen molar-refractivity contribution in [3.63, 3.8) is 0 Å². The summed E-state index contributed by atoms with van der Waals surface area (Å²) in [5, 5.41) is 8.63. The molecule has 0 aliphatic carbocycles. The smallest absolute Gasteiger partial charge is 0.251 e. The molecule has 7 heteroatoms. The van der Waals surface area contributed by atoms with E-state index in [1.807, 2.05) is 6.92 Å². The van der Waals surface area contributed by atoms with Gasteiger partial charge in [-0.1, -0.05) is 13.0 Å². The van der Waals surface area contributed by atoms with E-state index in [1.165, 1.54) is 11.8 Å². The second-order valence-electron chi connectivity index (χ2n) is 6.36. The van der Waals surface area contributed by atoms with Gasteiger partial charge in [0, 0.05) is 43.1 Å². The van der Waals surface area contributed by atoms with Crippen molar-refractivity contribution in [2.45, 2.75) is 20.3 Å². The number of amides is 3. The highest BCUT2D eigenvalue weighted by molar-refractivity contribution is 5.96. The van der Waals surface area contributed by atoms with Crippen LogP contribution in [-0.4, -0.2) is 37.9 Å². The van der Waals surface area contributed by atoms with Crippen molar-refractivity contribution in [3.8, 4) is 0 Å². The number of carbonyl (C=O) groups is 3. The van der Waals surface area contributed by atoms with E-state index >= 15 is 0 Å². The normalized spacial score (nSPS) is 10.1. The van der Waals surface area contributed by atoms with Gasteiger partial charge in [0.25, 0.3) is 5.91 Å². The first-order valence-electron chi connectivity index (χ1n) is 9.17. The molecule has 0 unspecified atom stereocenters. The molecule has 2 aromatic rings. The molecule has 0 fully saturated rings. The Morgan fingerprint density at radius 1 is 1.00 bits per heavy atom. The lowest BCUT2D eigenvalue weighted by molar-refractivity contribution is -0.116. The highest BCUT2D eigenvalue weighted by Crippen LogP contribution is 2.17. The largest absolute Gasteiger partial charge is 0.376 e. The van der Waals surface area contributed by atoms with Crippen molar-refractivity contribution in [1.29, 1.82) is 0 Å². The molecule has 0 radical (unpaired) electrons. The van der Waals surface area contributed by atoms with Gasteiger partial charge < -0.3 is 20.9 Å². The monoisotopic (exact) mass is 382 g/mol. The van der Waals surface area contributed by atoms with E-state index in [0.717, 1.165) is 12.1 Å². The highest BCUT2D eigenvalue weighted by Gasteiger charge is 2.08. The van der Waals surface area contributed by atoms with Gasteiger partial charge in [-0.25, -0.2) is 0 Å². The number of nitrogens with one attached hydrogen (secondary N) is 3. The molecule has 28 heavy (non-hydrogen) atoms. The van der Waals surface area contributed by atoms with Crippen LogP contribution in [0.4, 0.5) is 17.1 Å². The predicted molar refractivity (Wildman–Crippen MR) is 112 cm³/mol. The van der Waals surface area contributed by atoms with Crippen LogP contribution in [-0.2, 0) is 9.59 Å². The Labute approximate surface area is 165 Å². The minimum absolute atomic E-state index is 0.0633. The SMILES string of the molecule is CCCNC(=O)c1cccc(NCC(=O)Nc2ccc(N(C)C(C)=O)cc2)c1. The Morgan fingerprint density at radius 2 is 1.71 bits per heavy atom. The summed E-state index contributed by atoms with van der Waals surface area (Å²) in [7, 11) is 1.69. The van der Waals surface area contributed by atoms with Crippen molar-refractivity contribution in [1.82, 2.24) is 5.32 Å². The number of carbonyl (C=O) groups excluding carboxylic acids is 3. The molecule has 0 atom stereocenters. The van der Waals surface area contributed by atoms with Gasteiger partial charge >= 0.3 is 0 Å². The van der Waals surface area contributed by atoms with Crippen LogP contribution in [0.25, 0.3) is 0 Å². The third kappa shape index (κ3) is 6.12. The van der Waals surface area contributed by atoms with Gasteiger partial charge in [-0.05, 0) is 48.9 Å². The molecule has 2 rings (SSSR count). The molecule has 7 nitrogen and oxygen atoms in total. The minimum atomic E-state index is -0.214. The van der Waals surface area contributed by atoms with Crippen molar-refractivity contribution in [3.05, 3.63) is 54.1 Å². The lowest BCUT2D eigenvalue weighted by Crippen LogP contribution is -2.24. The molecule has 2 aromatic carbocycles. The van der Waals surface area contributed by atoms with Gasteiger partial charge in [-0.15, -0.1) is 0 Å². The summed E-state index contributed by atoms with van der Waals surface area (Å²) in [6.07, 6.45) is 0.871. The molecule has 0 spiro atoms. The Bertz CT molecular complexity index is 834. The Hall–Kier alpha value is -3.35. The van der Waals surface area contributed by atoms with Crippen LogP contribution >= 0.6 is 0 Å². The molecular formula is C21H26N4O3. The summed E-state index contributed by atoms with van der Waals surface area (Å²) < 4.78 is 0. The summed E-state index contributed by atoms with van der Waals surface area (Å²) in [5.41, 5.74) is 2.63. The Kier molecular flexibility index (Phi) is 7.56. The predicted octanol–water partition coefficient (Wildman–Crippen LogP) is 2.86.